The van der Waals surface area contributed by atoms with Crippen LogP contribution in [0.25, 0.3) is 0 Å². The lowest BCUT2D eigenvalue weighted by molar-refractivity contribution is -0.122. The van der Waals surface area contributed by atoms with Crippen LogP contribution in [-0.2, 0) is 14.3 Å². The van der Waals surface area contributed by atoms with Crippen LogP contribution in [0.1, 0.15) is 33.6 Å². The van der Waals surface area contributed by atoms with E-state index in [1.807, 2.05) is 45.0 Å². The molecule has 1 fully saturated rings. The number of ether oxygens (including phenoxy) is 2. The van der Waals surface area contributed by atoms with E-state index in [2.05, 4.69) is 0 Å². The molecule has 3 rings (SSSR count). The standard InChI is InChI=1S/C19H26N2O4/c1-19(2,3)25-18(23)21-11-6-10-20(15-7-4-5-8-16(15)21)17(22)14-9-12-24-13-14/h4-5,7-8,14H,6,9-13H2,1-3H3/t14-/m0/s1. The van der Waals surface area contributed by atoms with Crippen LogP contribution in [0.15, 0.2) is 24.3 Å². The summed E-state index contributed by atoms with van der Waals surface area (Å²) in [7, 11) is 0. The molecule has 0 N–H and O–H groups in total. The van der Waals surface area contributed by atoms with E-state index in [9.17, 15) is 9.59 Å². The van der Waals surface area contributed by atoms with Crippen molar-refractivity contribution in [2.45, 2.75) is 39.2 Å². The molecule has 2 aliphatic rings. The molecule has 25 heavy (non-hydrogen) atoms. The van der Waals surface area contributed by atoms with Gasteiger partial charge in [-0.05, 0) is 45.7 Å². The Morgan fingerprint density at radius 2 is 1.76 bits per heavy atom. The molecule has 1 aromatic carbocycles. The molecular formula is C19H26N2O4. The van der Waals surface area contributed by atoms with Crippen LogP contribution < -0.4 is 9.80 Å². The van der Waals surface area contributed by atoms with Crippen molar-refractivity contribution in [1.82, 2.24) is 0 Å². The number of carbonyl (C=O) groups is 2. The second-order valence-electron chi connectivity index (χ2n) is 7.52. The minimum absolute atomic E-state index is 0.0796. The summed E-state index contributed by atoms with van der Waals surface area (Å²) in [5, 5.41) is 0. The lowest BCUT2D eigenvalue weighted by Gasteiger charge is -2.28. The number of para-hydroxylation sites is 2. The first kappa shape index (κ1) is 17.7. The van der Waals surface area contributed by atoms with Crippen molar-refractivity contribution in [3.63, 3.8) is 0 Å². The van der Waals surface area contributed by atoms with Gasteiger partial charge in [0.15, 0.2) is 0 Å². The first-order chi connectivity index (χ1) is 11.9. The van der Waals surface area contributed by atoms with E-state index >= 15 is 0 Å². The topological polar surface area (TPSA) is 59.1 Å². The van der Waals surface area contributed by atoms with Crippen LogP contribution in [0.4, 0.5) is 16.2 Å². The normalized spacial score (nSPS) is 20.8. The van der Waals surface area contributed by atoms with Crippen molar-refractivity contribution in [1.29, 1.82) is 0 Å². The summed E-state index contributed by atoms with van der Waals surface area (Å²) in [5.74, 6) is -0.0166. The fourth-order valence-electron chi connectivity index (χ4n) is 3.23. The van der Waals surface area contributed by atoms with Gasteiger partial charge in [0.05, 0.1) is 23.9 Å². The monoisotopic (exact) mass is 346 g/mol. The zero-order valence-electron chi connectivity index (χ0n) is 15.2. The van der Waals surface area contributed by atoms with Crippen molar-refractivity contribution < 1.29 is 19.1 Å². The SMILES string of the molecule is CC(C)(C)OC(=O)N1CCCN(C(=O)[C@H]2CCOC2)c2ccccc21. The fourth-order valence-corrected chi connectivity index (χ4v) is 3.23. The largest absolute Gasteiger partial charge is 0.443 e. The number of rotatable bonds is 1. The average Bonchev–Trinajstić information content (AvgIpc) is 3.00. The molecule has 1 aromatic rings. The van der Waals surface area contributed by atoms with Gasteiger partial charge in [0.2, 0.25) is 5.91 Å². The molecule has 2 amide bonds. The van der Waals surface area contributed by atoms with Crippen LogP contribution in [-0.4, -0.2) is 43.9 Å². The maximum Gasteiger partial charge on any atom is 0.414 e. The summed E-state index contributed by atoms with van der Waals surface area (Å²) in [6.45, 7) is 7.78. The average molecular weight is 346 g/mol. The highest BCUT2D eigenvalue weighted by Crippen LogP contribution is 2.34. The molecule has 0 aromatic heterocycles. The highest BCUT2D eigenvalue weighted by atomic mass is 16.6. The zero-order valence-corrected chi connectivity index (χ0v) is 15.2. The molecule has 0 bridgehead atoms. The molecule has 0 aliphatic carbocycles. The maximum atomic E-state index is 12.9. The summed E-state index contributed by atoms with van der Waals surface area (Å²) in [6.07, 6.45) is 1.08. The highest BCUT2D eigenvalue weighted by molar-refractivity contribution is 6.02. The lowest BCUT2D eigenvalue weighted by Crippen LogP contribution is -2.37. The summed E-state index contributed by atoms with van der Waals surface area (Å²) in [5.41, 5.74) is 0.930. The molecule has 0 spiro atoms. The third kappa shape index (κ3) is 3.95. The third-order valence-electron chi connectivity index (χ3n) is 4.39. The minimum atomic E-state index is -0.560. The van der Waals surface area contributed by atoms with Crippen LogP contribution in [0, 0.1) is 5.92 Å². The Balaban J connectivity index is 1.90. The fraction of sp³-hybridized carbons (Fsp3) is 0.579. The second kappa shape index (κ2) is 7.04. The van der Waals surface area contributed by atoms with Gasteiger partial charge in [-0.2, -0.15) is 0 Å². The Morgan fingerprint density at radius 3 is 2.36 bits per heavy atom. The molecule has 6 heteroatoms. The number of anilines is 2. The molecule has 0 unspecified atom stereocenters. The maximum absolute atomic E-state index is 12.9. The van der Waals surface area contributed by atoms with Crippen molar-refractivity contribution in [3.8, 4) is 0 Å². The number of benzene rings is 1. The van der Waals surface area contributed by atoms with Gasteiger partial charge in [-0.1, -0.05) is 12.1 Å². The van der Waals surface area contributed by atoms with Gasteiger partial charge < -0.3 is 14.4 Å². The summed E-state index contributed by atoms with van der Waals surface area (Å²) < 4.78 is 10.9. The van der Waals surface area contributed by atoms with E-state index in [-0.39, 0.29) is 17.9 Å². The van der Waals surface area contributed by atoms with Crippen molar-refractivity contribution in [3.05, 3.63) is 24.3 Å². The predicted octanol–water partition coefficient (Wildman–Crippen LogP) is 3.20. The van der Waals surface area contributed by atoms with E-state index in [0.717, 1.165) is 17.8 Å². The van der Waals surface area contributed by atoms with Gasteiger partial charge in [-0.25, -0.2) is 4.79 Å². The number of amides is 2. The number of hydrogen-bond acceptors (Lipinski definition) is 4. The van der Waals surface area contributed by atoms with E-state index in [1.165, 1.54) is 0 Å². The van der Waals surface area contributed by atoms with Gasteiger partial charge in [0, 0.05) is 19.7 Å². The zero-order chi connectivity index (χ0) is 18.0. The Bertz CT molecular complexity index is 647. The van der Waals surface area contributed by atoms with Crippen LogP contribution in [0.3, 0.4) is 0 Å². The number of nitrogens with zero attached hydrogens (tertiary/aromatic N) is 2. The Kier molecular flexibility index (Phi) is 4.99. The summed E-state index contributed by atoms with van der Waals surface area (Å²) >= 11 is 0. The molecule has 1 saturated heterocycles. The van der Waals surface area contributed by atoms with E-state index < -0.39 is 5.60 Å². The number of fused-ring (bicyclic) bond motifs is 1. The second-order valence-corrected chi connectivity index (χ2v) is 7.52. The van der Waals surface area contributed by atoms with Gasteiger partial charge >= 0.3 is 6.09 Å². The molecule has 0 saturated carbocycles. The van der Waals surface area contributed by atoms with E-state index in [0.29, 0.717) is 32.7 Å². The van der Waals surface area contributed by atoms with Crippen molar-refractivity contribution in [2.24, 2.45) is 5.92 Å². The summed E-state index contributed by atoms with van der Waals surface area (Å²) in [4.78, 5) is 29.0. The predicted molar refractivity (Wildman–Crippen MR) is 95.9 cm³/mol. The van der Waals surface area contributed by atoms with E-state index in [4.69, 9.17) is 9.47 Å². The number of carbonyl (C=O) groups excluding carboxylic acids is 2. The molecule has 1 atom stereocenters. The Morgan fingerprint density at radius 1 is 1.12 bits per heavy atom. The molecule has 6 nitrogen and oxygen atoms in total. The quantitative estimate of drug-likeness (QED) is 0.783. The van der Waals surface area contributed by atoms with Gasteiger partial charge in [0.1, 0.15) is 5.60 Å². The summed E-state index contributed by atoms with van der Waals surface area (Å²) in [6, 6.07) is 7.54. The number of hydrogen-bond donors (Lipinski definition) is 0. The molecule has 0 radical (unpaired) electrons. The molecule has 2 heterocycles. The molecular weight excluding hydrogens is 320 g/mol. The smallest absolute Gasteiger partial charge is 0.414 e. The van der Waals surface area contributed by atoms with E-state index in [1.54, 1.807) is 9.80 Å². The van der Waals surface area contributed by atoms with Crippen LogP contribution >= 0.6 is 0 Å². The molecule has 2 aliphatic heterocycles. The molecule has 136 valence electrons. The Hall–Kier alpha value is -2.08. The van der Waals surface area contributed by atoms with Gasteiger partial charge in [-0.3, -0.25) is 9.69 Å². The first-order valence-corrected chi connectivity index (χ1v) is 8.85. The van der Waals surface area contributed by atoms with Gasteiger partial charge in [-0.15, -0.1) is 0 Å². The first-order valence-electron chi connectivity index (χ1n) is 8.85. The van der Waals surface area contributed by atoms with Crippen LogP contribution in [0.5, 0.6) is 0 Å². The van der Waals surface area contributed by atoms with Crippen molar-refractivity contribution >= 4 is 23.4 Å². The third-order valence-corrected chi connectivity index (χ3v) is 4.39. The van der Waals surface area contributed by atoms with Crippen molar-refractivity contribution in [2.75, 3.05) is 36.1 Å². The highest BCUT2D eigenvalue weighted by Gasteiger charge is 2.34. The lowest BCUT2D eigenvalue weighted by atomic mass is 10.1. The van der Waals surface area contributed by atoms with Gasteiger partial charge in [0.25, 0.3) is 0 Å². The minimum Gasteiger partial charge on any atom is -0.443 e. The van der Waals surface area contributed by atoms with Crippen LogP contribution in [0.2, 0.25) is 0 Å². The Labute approximate surface area is 148 Å².